The predicted molar refractivity (Wildman–Crippen MR) is 62.9 cm³/mol. The van der Waals surface area contributed by atoms with Crippen LogP contribution in [0.2, 0.25) is 0 Å². The molecular weight excluding hydrogens is 202 g/mol. The van der Waals surface area contributed by atoms with Crippen molar-refractivity contribution >= 4 is 5.91 Å². The van der Waals surface area contributed by atoms with Crippen molar-refractivity contribution in [2.75, 3.05) is 20.2 Å². The summed E-state index contributed by atoms with van der Waals surface area (Å²) in [5.74, 6) is 0.987. The van der Waals surface area contributed by atoms with Gasteiger partial charge in [-0.25, -0.2) is 0 Å². The van der Waals surface area contributed by atoms with Gasteiger partial charge in [-0.15, -0.1) is 0 Å². The molecule has 1 aromatic carbocycles. The number of nitrogens with zero attached hydrogens (tertiary/aromatic N) is 1. The molecule has 0 bridgehead atoms. The minimum atomic E-state index is 0.158. The molecule has 1 heterocycles. The van der Waals surface area contributed by atoms with E-state index in [0.717, 1.165) is 42.8 Å². The highest BCUT2D eigenvalue weighted by atomic mass is 16.5. The molecule has 0 fully saturated rings. The van der Waals surface area contributed by atoms with Gasteiger partial charge in [0.2, 0.25) is 0 Å². The summed E-state index contributed by atoms with van der Waals surface area (Å²) in [6.45, 7) is 3.77. The monoisotopic (exact) mass is 219 g/mol. The van der Waals surface area contributed by atoms with Gasteiger partial charge in [0.15, 0.2) is 0 Å². The standard InChI is InChI=1S/C13H17NO2/c1-3-7-14-8-6-10-9-11(16-2)4-5-12(10)13(14)15/h4-5,9H,3,6-8H2,1-2H3. The molecule has 3 nitrogen and oxygen atoms in total. The smallest absolute Gasteiger partial charge is 0.254 e. The Morgan fingerprint density at radius 3 is 2.94 bits per heavy atom. The molecule has 0 N–H and O–H groups in total. The number of fused-ring (bicyclic) bond motifs is 1. The zero-order valence-corrected chi connectivity index (χ0v) is 9.82. The molecule has 0 spiro atoms. The lowest BCUT2D eigenvalue weighted by Crippen LogP contribution is -2.37. The van der Waals surface area contributed by atoms with Crippen LogP contribution in [-0.2, 0) is 6.42 Å². The molecule has 0 aliphatic carbocycles. The summed E-state index contributed by atoms with van der Waals surface area (Å²) in [5.41, 5.74) is 1.94. The summed E-state index contributed by atoms with van der Waals surface area (Å²) in [6, 6.07) is 5.70. The maximum atomic E-state index is 12.1. The van der Waals surface area contributed by atoms with E-state index in [1.165, 1.54) is 0 Å². The highest BCUT2D eigenvalue weighted by Gasteiger charge is 2.23. The summed E-state index contributed by atoms with van der Waals surface area (Å²) in [6.07, 6.45) is 1.94. The van der Waals surface area contributed by atoms with E-state index in [2.05, 4.69) is 6.92 Å². The average Bonchev–Trinajstić information content (AvgIpc) is 2.32. The van der Waals surface area contributed by atoms with Gasteiger partial charge in [0.25, 0.3) is 5.91 Å². The van der Waals surface area contributed by atoms with Crippen LogP contribution in [0.4, 0.5) is 0 Å². The van der Waals surface area contributed by atoms with Gasteiger partial charge in [-0.05, 0) is 36.6 Å². The van der Waals surface area contributed by atoms with Crippen molar-refractivity contribution in [1.82, 2.24) is 4.90 Å². The zero-order valence-electron chi connectivity index (χ0n) is 9.82. The van der Waals surface area contributed by atoms with Gasteiger partial charge < -0.3 is 9.64 Å². The zero-order chi connectivity index (χ0) is 11.5. The molecule has 0 saturated carbocycles. The number of hydrogen-bond donors (Lipinski definition) is 0. The van der Waals surface area contributed by atoms with Crippen LogP contribution < -0.4 is 4.74 Å². The minimum Gasteiger partial charge on any atom is -0.497 e. The second-order valence-corrected chi connectivity index (χ2v) is 4.07. The fourth-order valence-electron chi connectivity index (χ4n) is 2.12. The first-order chi connectivity index (χ1) is 7.76. The first-order valence-electron chi connectivity index (χ1n) is 5.72. The van der Waals surface area contributed by atoms with Crippen LogP contribution in [0.3, 0.4) is 0 Å². The number of carbonyl (C=O) groups excluding carboxylic acids is 1. The van der Waals surface area contributed by atoms with Gasteiger partial charge in [0.1, 0.15) is 5.75 Å². The quantitative estimate of drug-likeness (QED) is 0.779. The van der Waals surface area contributed by atoms with Crippen LogP contribution in [0.25, 0.3) is 0 Å². The number of benzene rings is 1. The van der Waals surface area contributed by atoms with Crippen molar-refractivity contribution in [3.05, 3.63) is 29.3 Å². The summed E-state index contributed by atoms with van der Waals surface area (Å²) < 4.78 is 5.16. The molecule has 16 heavy (non-hydrogen) atoms. The molecule has 1 amide bonds. The van der Waals surface area contributed by atoms with E-state index < -0.39 is 0 Å². The van der Waals surface area contributed by atoms with Gasteiger partial charge in [-0.1, -0.05) is 6.92 Å². The van der Waals surface area contributed by atoms with Gasteiger partial charge >= 0.3 is 0 Å². The molecular formula is C13H17NO2. The first-order valence-corrected chi connectivity index (χ1v) is 5.72. The number of rotatable bonds is 3. The van der Waals surface area contributed by atoms with Gasteiger partial charge in [0.05, 0.1) is 7.11 Å². The summed E-state index contributed by atoms with van der Waals surface area (Å²) in [5, 5.41) is 0. The van der Waals surface area contributed by atoms with Gasteiger partial charge in [-0.2, -0.15) is 0 Å². The molecule has 2 rings (SSSR count). The van der Waals surface area contributed by atoms with E-state index in [-0.39, 0.29) is 5.91 Å². The van der Waals surface area contributed by atoms with Crippen molar-refractivity contribution in [1.29, 1.82) is 0 Å². The van der Waals surface area contributed by atoms with Gasteiger partial charge in [-0.3, -0.25) is 4.79 Å². The predicted octanol–water partition coefficient (Wildman–Crippen LogP) is 2.10. The molecule has 0 radical (unpaired) electrons. The second kappa shape index (κ2) is 4.56. The Hall–Kier alpha value is -1.51. The molecule has 1 aliphatic rings. The summed E-state index contributed by atoms with van der Waals surface area (Å²) >= 11 is 0. The lowest BCUT2D eigenvalue weighted by molar-refractivity contribution is 0.0740. The Morgan fingerprint density at radius 2 is 2.25 bits per heavy atom. The Kier molecular flexibility index (Phi) is 3.13. The lowest BCUT2D eigenvalue weighted by Gasteiger charge is -2.28. The van der Waals surface area contributed by atoms with E-state index >= 15 is 0 Å². The van der Waals surface area contributed by atoms with Crippen molar-refractivity contribution in [2.45, 2.75) is 19.8 Å². The van der Waals surface area contributed by atoms with Gasteiger partial charge in [0, 0.05) is 18.7 Å². The topological polar surface area (TPSA) is 29.5 Å². The summed E-state index contributed by atoms with van der Waals surface area (Å²) in [7, 11) is 1.65. The van der Waals surface area contributed by atoms with Crippen LogP contribution in [0.15, 0.2) is 18.2 Å². The maximum Gasteiger partial charge on any atom is 0.254 e. The highest BCUT2D eigenvalue weighted by Crippen LogP contribution is 2.23. The molecule has 0 saturated heterocycles. The number of ether oxygens (including phenoxy) is 1. The Bertz CT molecular complexity index is 401. The maximum absolute atomic E-state index is 12.1. The van der Waals surface area contributed by atoms with Crippen molar-refractivity contribution in [3.63, 3.8) is 0 Å². The molecule has 0 atom stereocenters. The van der Waals surface area contributed by atoms with E-state index in [1.807, 2.05) is 23.1 Å². The SMILES string of the molecule is CCCN1CCc2cc(OC)ccc2C1=O. The minimum absolute atomic E-state index is 0.158. The molecule has 0 aromatic heterocycles. The summed E-state index contributed by atoms with van der Waals surface area (Å²) in [4.78, 5) is 14.0. The number of carbonyl (C=O) groups is 1. The third-order valence-electron chi connectivity index (χ3n) is 2.97. The van der Waals surface area contributed by atoms with Crippen molar-refractivity contribution < 1.29 is 9.53 Å². The number of amides is 1. The van der Waals surface area contributed by atoms with E-state index in [1.54, 1.807) is 7.11 Å². The molecule has 1 aliphatic heterocycles. The van der Waals surface area contributed by atoms with Crippen LogP contribution in [0.1, 0.15) is 29.3 Å². The Labute approximate surface area is 96.0 Å². The van der Waals surface area contributed by atoms with Crippen LogP contribution in [0, 0.1) is 0 Å². The van der Waals surface area contributed by atoms with E-state index in [9.17, 15) is 4.79 Å². The second-order valence-electron chi connectivity index (χ2n) is 4.07. The number of methoxy groups -OCH3 is 1. The van der Waals surface area contributed by atoms with Crippen molar-refractivity contribution in [2.24, 2.45) is 0 Å². The third kappa shape index (κ3) is 1.90. The lowest BCUT2D eigenvalue weighted by atomic mass is 9.98. The molecule has 3 heteroatoms. The largest absolute Gasteiger partial charge is 0.497 e. The third-order valence-corrected chi connectivity index (χ3v) is 2.97. The van der Waals surface area contributed by atoms with Crippen LogP contribution in [-0.4, -0.2) is 31.0 Å². The first kappa shape index (κ1) is 11.0. The van der Waals surface area contributed by atoms with Crippen LogP contribution in [0.5, 0.6) is 5.75 Å². The van der Waals surface area contributed by atoms with E-state index in [4.69, 9.17) is 4.74 Å². The highest BCUT2D eigenvalue weighted by molar-refractivity contribution is 5.96. The average molecular weight is 219 g/mol. The number of hydrogen-bond acceptors (Lipinski definition) is 2. The normalized spacial score (nSPS) is 14.9. The molecule has 86 valence electrons. The fourth-order valence-corrected chi connectivity index (χ4v) is 2.12. The molecule has 1 aromatic rings. The Balaban J connectivity index is 2.28. The van der Waals surface area contributed by atoms with Crippen LogP contribution >= 0.6 is 0 Å². The molecule has 0 unspecified atom stereocenters. The fraction of sp³-hybridized carbons (Fsp3) is 0.462. The Morgan fingerprint density at radius 1 is 1.44 bits per heavy atom. The van der Waals surface area contributed by atoms with Crippen molar-refractivity contribution in [3.8, 4) is 5.75 Å². The van der Waals surface area contributed by atoms with E-state index in [0.29, 0.717) is 0 Å².